The molecule has 27 heavy (non-hydrogen) atoms. The molecule has 1 N–H and O–H groups in total. The van der Waals surface area contributed by atoms with E-state index >= 15 is 0 Å². The molecule has 2 aliphatic heterocycles. The molecule has 0 saturated carbocycles. The number of benzene rings is 1. The number of guanidine groups is 1. The fourth-order valence-electron chi connectivity index (χ4n) is 3.34. The van der Waals surface area contributed by atoms with Gasteiger partial charge in [0.15, 0.2) is 17.5 Å². The first kappa shape index (κ1) is 19.8. The smallest absolute Gasteiger partial charge is 0.231 e. The van der Waals surface area contributed by atoms with E-state index in [2.05, 4.69) is 34.2 Å². The van der Waals surface area contributed by atoms with Crippen molar-refractivity contribution < 1.29 is 14.2 Å². The zero-order valence-corrected chi connectivity index (χ0v) is 16.6. The van der Waals surface area contributed by atoms with Crippen LogP contribution >= 0.6 is 0 Å². The third-order valence-corrected chi connectivity index (χ3v) is 4.76. The zero-order valence-electron chi connectivity index (χ0n) is 16.6. The number of piperazine rings is 1. The summed E-state index contributed by atoms with van der Waals surface area (Å²) in [5, 5.41) is 3.42. The molecule has 0 bridgehead atoms. The van der Waals surface area contributed by atoms with Gasteiger partial charge in [-0.1, -0.05) is 6.07 Å². The van der Waals surface area contributed by atoms with Crippen LogP contribution in [0.3, 0.4) is 0 Å². The number of aliphatic imine (C=N–C) groups is 1. The second-order valence-corrected chi connectivity index (χ2v) is 6.74. The van der Waals surface area contributed by atoms with Crippen LogP contribution in [-0.4, -0.2) is 75.0 Å². The lowest BCUT2D eigenvalue weighted by atomic mass is 10.1. The average molecular weight is 377 g/mol. The topological polar surface area (TPSA) is 58.6 Å². The highest BCUT2D eigenvalue weighted by atomic mass is 16.7. The summed E-state index contributed by atoms with van der Waals surface area (Å²) in [5.41, 5.74) is 1.27. The van der Waals surface area contributed by atoms with Gasteiger partial charge in [-0.15, -0.1) is 0 Å². The molecule has 7 nitrogen and oxygen atoms in total. The SMILES string of the molecule is CCNC(=NCCCOCC)N1CCN(Cc2ccc3c(c2)OCO3)CC1. The molecule has 0 unspecified atom stereocenters. The number of nitrogens with one attached hydrogen (secondary N) is 1. The molecule has 0 amide bonds. The Bertz CT molecular complexity index is 615. The lowest BCUT2D eigenvalue weighted by Gasteiger charge is -2.36. The van der Waals surface area contributed by atoms with Gasteiger partial charge in [0.25, 0.3) is 0 Å². The van der Waals surface area contributed by atoms with Crippen LogP contribution in [0.2, 0.25) is 0 Å². The molecule has 0 radical (unpaired) electrons. The van der Waals surface area contributed by atoms with Crippen molar-refractivity contribution in [1.82, 2.24) is 15.1 Å². The van der Waals surface area contributed by atoms with E-state index < -0.39 is 0 Å². The average Bonchev–Trinajstić information content (AvgIpc) is 3.15. The van der Waals surface area contributed by atoms with E-state index in [4.69, 9.17) is 19.2 Å². The second kappa shape index (κ2) is 10.4. The number of hydrogen-bond acceptors (Lipinski definition) is 5. The van der Waals surface area contributed by atoms with E-state index in [0.717, 1.165) is 82.9 Å². The highest BCUT2D eigenvalue weighted by molar-refractivity contribution is 5.80. The molecule has 7 heteroatoms. The predicted octanol–water partition coefficient (Wildman–Crippen LogP) is 1.93. The normalized spacial score (nSPS) is 17.4. The van der Waals surface area contributed by atoms with Gasteiger partial charge >= 0.3 is 0 Å². The summed E-state index contributed by atoms with van der Waals surface area (Å²) in [5.74, 6) is 2.73. The van der Waals surface area contributed by atoms with Crippen LogP contribution in [0, 0.1) is 0 Å². The Balaban J connectivity index is 1.47. The summed E-state index contributed by atoms with van der Waals surface area (Å²) in [7, 11) is 0. The van der Waals surface area contributed by atoms with Gasteiger partial charge in [-0.05, 0) is 38.0 Å². The Morgan fingerprint density at radius 1 is 1.15 bits per heavy atom. The Kier molecular flexibility index (Phi) is 7.59. The molecule has 0 spiro atoms. The van der Waals surface area contributed by atoms with Crippen molar-refractivity contribution in [2.45, 2.75) is 26.8 Å². The molecule has 1 aromatic rings. The van der Waals surface area contributed by atoms with E-state index in [9.17, 15) is 0 Å². The highest BCUT2D eigenvalue weighted by Crippen LogP contribution is 2.32. The minimum atomic E-state index is 0.328. The fraction of sp³-hybridized carbons (Fsp3) is 0.650. The second-order valence-electron chi connectivity index (χ2n) is 6.74. The third-order valence-electron chi connectivity index (χ3n) is 4.76. The van der Waals surface area contributed by atoms with Gasteiger partial charge in [-0.2, -0.15) is 0 Å². The minimum Gasteiger partial charge on any atom is -0.454 e. The Morgan fingerprint density at radius 3 is 2.74 bits per heavy atom. The van der Waals surface area contributed by atoms with Crippen molar-refractivity contribution in [3.63, 3.8) is 0 Å². The van der Waals surface area contributed by atoms with Crippen LogP contribution in [0.1, 0.15) is 25.8 Å². The molecule has 150 valence electrons. The highest BCUT2D eigenvalue weighted by Gasteiger charge is 2.20. The zero-order chi connectivity index (χ0) is 18.9. The number of rotatable bonds is 8. The van der Waals surface area contributed by atoms with Gasteiger partial charge in [0.1, 0.15) is 0 Å². The van der Waals surface area contributed by atoms with E-state index in [0.29, 0.717) is 6.79 Å². The van der Waals surface area contributed by atoms with Gasteiger partial charge in [0.05, 0.1) is 0 Å². The van der Waals surface area contributed by atoms with Gasteiger partial charge in [0, 0.05) is 59.0 Å². The summed E-state index contributed by atoms with van der Waals surface area (Å²) in [6.45, 7) is 12.7. The van der Waals surface area contributed by atoms with Crippen LogP contribution in [0.5, 0.6) is 11.5 Å². The van der Waals surface area contributed by atoms with Gasteiger partial charge < -0.3 is 24.4 Å². The molecule has 1 fully saturated rings. The van der Waals surface area contributed by atoms with Gasteiger partial charge in [-0.3, -0.25) is 9.89 Å². The summed E-state index contributed by atoms with van der Waals surface area (Å²) >= 11 is 0. The molecule has 1 saturated heterocycles. The Morgan fingerprint density at radius 2 is 1.96 bits per heavy atom. The Labute approximate surface area is 162 Å². The van der Waals surface area contributed by atoms with Gasteiger partial charge in [-0.25, -0.2) is 0 Å². The third kappa shape index (κ3) is 5.74. The van der Waals surface area contributed by atoms with Crippen LogP contribution < -0.4 is 14.8 Å². The van der Waals surface area contributed by atoms with Crippen LogP contribution in [0.4, 0.5) is 0 Å². The first-order chi connectivity index (χ1) is 13.3. The maximum absolute atomic E-state index is 5.48. The van der Waals surface area contributed by atoms with E-state index in [1.54, 1.807) is 0 Å². The molecule has 0 atom stereocenters. The molecule has 1 aromatic carbocycles. The summed E-state index contributed by atoms with van der Waals surface area (Å²) in [6.07, 6.45) is 0.965. The van der Waals surface area contributed by atoms with E-state index in [1.165, 1.54) is 5.56 Å². The van der Waals surface area contributed by atoms with Crippen molar-refractivity contribution in [2.75, 3.05) is 59.3 Å². The molecular formula is C20H32N4O3. The quantitative estimate of drug-likeness (QED) is 0.425. The number of nitrogens with zero attached hydrogens (tertiary/aromatic N) is 3. The predicted molar refractivity (Wildman–Crippen MR) is 107 cm³/mol. The maximum atomic E-state index is 5.48. The number of ether oxygens (including phenoxy) is 3. The first-order valence-corrected chi connectivity index (χ1v) is 10.0. The monoisotopic (exact) mass is 376 g/mol. The molecular weight excluding hydrogens is 344 g/mol. The van der Waals surface area contributed by atoms with Crippen LogP contribution in [0.15, 0.2) is 23.2 Å². The van der Waals surface area contributed by atoms with Crippen molar-refractivity contribution in [1.29, 1.82) is 0 Å². The van der Waals surface area contributed by atoms with E-state index in [1.807, 2.05) is 13.0 Å². The number of fused-ring (bicyclic) bond motifs is 1. The summed E-state index contributed by atoms with van der Waals surface area (Å²) < 4.78 is 16.3. The molecule has 3 rings (SSSR count). The van der Waals surface area contributed by atoms with Crippen LogP contribution in [0.25, 0.3) is 0 Å². The van der Waals surface area contributed by atoms with Crippen molar-refractivity contribution in [2.24, 2.45) is 4.99 Å². The van der Waals surface area contributed by atoms with Gasteiger partial charge in [0.2, 0.25) is 6.79 Å². The fourth-order valence-corrected chi connectivity index (χ4v) is 3.34. The summed E-state index contributed by atoms with van der Waals surface area (Å²) in [4.78, 5) is 9.60. The molecule has 2 heterocycles. The van der Waals surface area contributed by atoms with Crippen LogP contribution in [-0.2, 0) is 11.3 Å². The standard InChI is InChI=1S/C20H32N4O3/c1-3-21-20(22-8-5-13-25-4-2)24-11-9-23(10-12-24)15-17-6-7-18-19(14-17)27-16-26-18/h6-7,14H,3-5,8-13,15-16H2,1-2H3,(H,21,22). The lowest BCUT2D eigenvalue weighted by Crippen LogP contribution is -2.52. The lowest BCUT2D eigenvalue weighted by molar-refractivity contribution is 0.146. The largest absolute Gasteiger partial charge is 0.454 e. The van der Waals surface area contributed by atoms with Crippen molar-refractivity contribution >= 4 is 5.96 Å². The van der Waals surface area contributed by atoms with Crippen molar-refractivity contribution in [3.8, 4) is 11.5 Å². The number of hydrogen-bond donors (Lipinski definition) is 1. The first-order valence-electron chi connectivity index (χ1n) is 10.0. The summed E-state index contributed by atoms with van der Waals surface area (Å²) in [6, 6.07) is 6.23. The molecule has 0 aliphatic carbocycles. The maximum Gasteiger partial charge on any atom is 0.231 e. The molecule has 0 aromatic heterocycles. The van der Waals surface area contributed by atoms with Crippen molar-refractivity contribution in [3.05, 3.63) is 23.8 Å². The Hall–Kier alpha value is -1.99. The van der Waals surface area contributed by atoms with E-state index in [-0.39, 0.29) is 0 Å². The molecule has 2 aliphatic rings. The minimum absolute atomic E-state index is 0.328.